The maximum absolute atomic E-state index is 8.45. The van der Waals surface area contributed by atoms with Crippen LogP contribution in [0, 0.1) is 5.92 Å². The molecule has 0 unspecified atom stereocenters. The summed E-state index contributed by atoms with van der Waals surface area (Å²) in [5, 5.41) is 8.45. The van der Waals surface area contributed by atoms with Gasteiger partial charge in [-0.15, -0.1) is 0 Å². The van der Waals surface area contributed by atoms with Crippen molar-refractivity contribution in [3.63, 3.8) is 0 Å². The Morgan fingerprint density at radius 3 is 2.29 bits per heavy atom. The standard InChI is InChI=1S/C5H13NO/c1-2-5(3-6)4-7/h5,7H,2-4,6H2,1H3/t5-/m0/s1. The van der Waals surface area contributed by atoms with E-state index in [0.717, 1.165) is 6.42 Å². The first-order valence-electron chi connectivity index (χ1n) is 2.66. The Kier molecular flexibility index (Phi) is 4.04. The molecule has 0 bridgehead atoms. The maximum atomic E-state index is 8.45. The van der Waals surface area contributed by atoms with Crippen molar-refractivity contribution in [1.29, 1.82) is 0 Å². The van der Waals surface area contributed by atoms with Crippen LogP contribution in [0.4, 0.5) is 0 Å². The molecular formula is C5H13NO. The van der Waals surface area contributed by atoms with E-state index in [9.17, 15) is 0 Å². The molecule has 0 aliphatic heterocycles. The van der Waals surface area contributed by atoms with E-state index in [1.54, 1.807) is 0 Å². The molecule has 0 aliphatic rings. The van der Waals surface area contributed by atoms with Crippen molar-refractivity contribution in [2.75, 3.05) is 13.2 Å². The quantitative estimate of drug-likeness (QED) is 0.526. The van der Waals surface area contributed by atoms with E-state index in [2.05, 4.69) is 0 Å². The maximum Gasteiger partial charge on any atom is 0.0471 e. The molecule has 0 spiro atoms. The zero-order chi connectivity index (χ0) is 5.70. The molecule has 0 radical (unpaired) electrons. The molecule has 0 saturated carbocycles. The van der Waals surface area contributed by atoms with Crippen molar-refractivity contribution in [3.05, 3.63) is 0 Å². The molecule has 2 nitrogen and oxygen atoms in total. The second-order valence-electron chi connectivity index (χ2n) is 1.69. The highest BCUT2D eigenvalue weighted by Crippen LogP contribution is 1.95. The lowest BCUT2D eigenvalue weighted by atomic mass is 10.1. The van der Waals surface area contributed by atoms with Crippen LogP contribution in [0.5, 0.6) is 0 Å². The van der Waals surface area contributed by atoms with Crippen LogP contribution in [0.2, 0.25) is 0 Å². The van der Waals surface area contributed by atoms with Crippen LogP contribution < -0.4 is 5.73 Å². The molecule has 0 saturated heterocycles. The van der Waals surface area contributed by atoms with Crippen molar-refractivity contribution in [2.24, 2.45) is 11.7 Å². The van der Waals surface area contributed by atoms with Crippen LogP contribution in [-0.2, 0) is 0 Å². The van der Waals surface area contributed by atoms with E-state index >= 15 is 0 Å². The van der Waals surface area contributed by atoms with Gasteiger partial charge in [-0.1, -0.05) is 6.92 Å². The smallest absolute Gasteiger partial charge is 0.0471 e. The first kappa shape index (κ1) is 6.92. The average Bonchev–Trinajstić information content (AvgIpc) is 1.72. The van der Waals surface area contributed by atoms with Gasteiger partial charge >= 0.3 is 0 Å². The highest BCUT2D eigenvalue weighted by molar-refractivity contribution is 4.52. The normalized spacial score (nSPS) is 14.1. The zero-order valence-electron chi connectivity index (χ0n) is 4.72. The van der Waals surface area contributed by atoms with Gasteiger partial charge in [-0.25, -0.2) is 0 Å². The second-order valence-corrected chi connectivity index (χ2v) is 1.69. The zero-order valence-corrected chi connectivity index (χ0v) is 4.72. The van der Waals surface area contributed by atoms with Crippen LogP contribution in [-0.4, -0.2) is 18.3 Å². The summed E-state index contributed by atoms with van der Waals surface area (Å²) < 4.78 is 0. The summed E-state index contributed by atoms with van der Waals surface area (Å²) in [7, 11) is 0. The first-order valence-corrected chi connectivity index (χ1v) is 2.66. The summed E-state index contributed by atoms with van der Waals surface area (Å²) >= 11 is 0. The van der Waals surface area contributed by atoms with Gasteiger partial charge in [-0.2, -0.15) is 0 Å². The minimum absolute atomic E-state index is 0.229. The number of rotatable bonds is 3. The van der Waals surface area contributed by atoms with Gasteiger partial charge in [0.05, 0.1) is 0 Å². The van der Waals surface area contributed by atoms with E-state index in [4.69, 9.17) is 10.8 Å². The average molecular weight is 103 g/mol. The van der Waals surface area contributed by atoms with Gasteiger partial charge in [-0.05, 0) is 18.9 Å². The Labute approximate surface area is 44.3 Å². The Morgan fingerprint density at radius 2 is 2.29 bits per heavy atom. The number of nitrogens with two attached hydrogens (primary N) is 1. The molecule has 44 valence electrons. The molecule has 0 aliphatic carbocycles. The van der Waals surface area contributed by atoms with E-state index in [-0.39, 0.29) is 6.61 Å². The topological polar surface area (TPSA) is 46.2 Å². The van der Waals surface area contributed by atoms with Crippen LogP contribution in [0.1, 0.15) is 13.3 Å². The molecule has 0 aromatic heterocycles. The van der Waals surface area contributed by atoms with Crippen molar-refractivity contribution < 1.29 is 5.11 Å². The third-order valence-electron chi connectivity index (χ3n) is 1.17. The van der Waals surface area contributed by atoms with Crippen molar-refractivity contribution in [3.8, 4) is 0 Å². The van der Waals surface area contributed by atoms with Crippen LogP contribution in [0.3, 0.4) is 0 Å². The first-order chi connectivity index (χ1) is 3.35. The summed E-state index contributed by atoms with van der Waals surface area (Å²) in [5.41, 5.74) is 5.23. The SMILES string of the molecule is CC[C@@H](CN)CO. The van der Waals surface area contributed by atoms with Crippen LogP contribution in [0.15, 0.2) is 0 Å². The number of hydrogen-bond acceptors (Lipinski definition) is 2. The number of aliphatic hydroxyl groups is 1. The Morgan fingerprint density at radius 1 is 1.71 bits per heavy atom. The predicted octanol–water partition coefficient (Wildman–Crippen LogP) is -0.0364. The Balaban J connectivity index is 2.99. The minimum atomic E-state index is 0.229. The Bertz CT molecular complexity index is 29.6. The lowest BCUT2D eigenvalue weighted by molar-refractivity contribution is 0.227. The number of aliphatic hydroxyl groups excluding tert-OH is 1. The van der Waals surface area contributed by atoms with E-state index in [0.29, 0.717) is 12.5 Å². The fourth-order valence-corrected chi connectivity index (χ4v) is 0.370. The summed E-state index contributed by atoms with van der Waals surface area (Å²) in [6.45, 7) is 2.85. The lowest BCUT2D eigenvalue weighted by Crippen LogP contribution is -2.16. The third-order valence-corrected chi connectivity index (χ3v) is 1.17. The molecule has 0 fully saturated rings. The van der Waals surface area contributed by atoms with Crippen molar-refractivity contribution in [1.82, 2.24) is 0 Å². The van der Waals surface area contributed by atoms with Crippen molar-refractivity contribution >= 4 is 0 Å². The molecule has 1 atom stereocenters. The second kappa shape index (κ2) is 4.09. The van der Waals surface area contributed by atoms with Gasteiger partial charge in [0.25, 0.3) is 0 Å². The van der Waals surface area contributed by atoms with Crippen LogP contribution in [0.25, 0.3) is 0 Å². The summed E-state index contributed by atoms with van der Waals surface area (Å²) in [5.74, 6) is 0.319. The van der Waals surface area contributed by atoms with Gasteiger partial charge in [0.15, 0.2) is 0 Å². The van der Waals surface area contributed by atoms with E-state index in [1.165, 1.54) is 0 Å². The van der Waals surface area contributed by atoms with Crippen molar-refractivity contribution in [2.45, 2.75) is 13.3 Å². The van der Waals surface area contributed by atoms with E-state index < -0.39 is 0 Å². The largest absolute Gasteiger partial charge is 0.396 e. The molecule has 0 amide bonds. The van der Waals surface area contributed by atoms with Gasteiger partial charge in [-0.3, -0.25) is 0 Å². The van der Waals surface area contributed by atoms with Gasteiger partial charge in [0.2, 0.25) is 0 Å². The summed E-state index contributed by atoms with van der Waals surface area (Å²) in [4.78, 5) is 0. The lowest BCUT2D eigenvalue weighted by Gasteiger charge is -2.04. The summed E-state index contributed by atoms with van der Waals surface area (Å²) in [6.07, 6.45) is 0.979. The molecular weight excluding hydrogens is 90.1 g/mol. The van der Waals surface area contributed by atoms with Gasteiger partial charge < -0.3 is 10.8 Å². The van der Waals surface area contributed by atoms with Gasteiger partial charge in [0, 0.05) is 6.61 Å². The molecule has 0 rings (SSSR count). The minimum Gasteiger partial charge on any atom is -0.396 e. The number of hydrogen-bond donors (Lipinski definition) is 2. The molecule has 0 aromatic rings. The molecule has 0 heterocycles. The third kappa shape index (κ3) is 2.60. The molecule has 7 heavy (non-hydrogen) atoms. The van der Waals surface area contributed by atoms with Crippen LogP contribution >= 0.6 is 0 Å². The predicted molar refractivity (Wildman–Crippen MR) is 29.9 cm³/mol. The fourth-order valence-electron chi connectivity index (χ4n) is 0.370. The Hall–Kier alpha value is -0.0800. The summed E-state index contributed by atoms with van der Waals surface area (Å²) in [6, 6.07) is 0. The molecule has 2 heteroatoms. The van der Waals surface area contributed by atoms with Gasteiger partial charge in [0.1, 0.15) is 0 Å². The fraction of sp³-hybridized carbons (Fsp3) is 1.00. The van der Waals surface area contributed by atoms with E-state index in [1.807, 2.05) is 6.92 Å². The molecule has 0 aromatic carbocycles. The highest BCUT2D eigenvalue weighted by atomic mass is 16.3. The molecule has 3 N–H and O–H groups in total. The monoisotopic (exact) mass is 103 g/mol. The highest BCUT2D eigenvalue weighted by Gasteiger charge is 1.97.